The molecule has 27 heavy (non-hydrogen) atoms. The van der Waals surface area contributed by atoms with Crippen LogP contribution < -0.4 is 4.90 Å². The third-order valence-corrected chi connectivity index (χ3v) is 5.79. The molecule has 0 spiro atoms. The van der Waals surface area contributed by atoms with Crippen LogP contribution in [0.3, 0.4) is 0 Å². The van der Waals surface area contributed by atoms with Crippen LogP contribution in [-0.4, -0.2) is 67.0 Å². The molecule has 0 unspecified atom stereocenters. The number of hydrogen-bond donors (Lipinski definition) is 1. The lowest BCUT2D eigenvalue weighted by atomic mass is 9.97. The monoisotopic (exact) mass is 371 g/mol. The summed E-state index contributed by atoms with van der Waals surface area (Å²) in [7, 11) is 2.08. The highest BCUT2D eigenvalue weighted by Crippen LogP contribution is 2.28. The van der Waals surface area contributed by atoms with Crippen molar-refractivity contribution in [3.05, 3.63) is 29.7 Å². The Labute approximate surface area is 160 Å². The number of hydrogen-bond acceptors (Lipinski definition) is 7. The van der Waals surface area contributed by atoms with Crippen LogP contribution >= 0.6 is 0 Å². The van der Waals surface area contributed by atoms with E-state index in [1.807, 2.05) is 19.2 Å². The Bertz CT molecular complexity index is 769. The molecule has 4 heterocycles. The van der Waals surface area contributed by atoms with Gasteiger partial charge in [-0.2, -0.15) is 0 Å². The molecule has 0 bridgehead atoms. The smallest absolute Gasteiger partial charge is 0.146 e. The molecule has 2 aromatic heterocycles. The normalized spacial score (nSPS) is 22.3. The van der Waals surface area contributed by atoms with Crippen molar-refractivity contribution in [2.45, 2.75) is 51.2 Å². The topological polar surface area (TPSA) is 83.2 Å². The average molecular weight is 371 g/mol. The van der Waals surface area contributed by atoms with Gasteiger partial charge in [-0.05, 0) is 38.7 Å². The van der Waals surface area contributed by atoms with Crippen molar-refractivity contribution in [3.8, 4) is 0 Å². The molecule has 0 aromatic carbocycles. The maximum absolute atomic E-state index is 9.68. The van der Waals surface area contributed by atoms with Gasteiger partial charge in [-0.1, -0.05) is 0 Å². The summed E-state index contributed by atoms with van der Waals surface area (Å²) in [6, 6.07) is 1.99. The molecule has 4 rings (SSSR count). The van der Waals surface area contributed by atoms with Gasteiger partial charge in [0.15, 0.2) is 0 Å². The van der Waals surface area contributed by atoms with Crippen LogP contribution in [0.2, 0.25) is 0 Å². The molecule has 0 saturated carbocycles. The molecule has 2 aliphatic heterocycles. The Balaban J connectivity index is 1.44. The zero-order chi connectivity index (χ0) is 18.8. The van der Waals surface area contributed by atoms with Crippen LogP contribution in [0.25, 0.3) is 0 Å². The quantitative estimate of drug-likeness (QED) is 0.866. The zero-order valence-corrected chi connectivity index (χ0v) is 16.3. The van der Waals surface area contributed by atoms with E-state index < -0.39 is 0 Å². The summed E-state index contributed by atoms with van der Waals surface area (Å²) in [4.78, 5) is 13.5. The maximum Gasteiger partial charge on any atom is 0.146 e. The van der Waals surface area contributed by atoms with Gasteiger partial charge < -0.3 is 14.6 Å². The second kappa shape index (κ2) is 7.90. The molecule has 8 nitrogen and oxygen atoms in total. The summed E-state index contributed by atoms with van der Waals surface area (Å²) in [6.07, 6.45) is 5.64. The Morgan fingerprint density at radius 3 is 2.74 bits per heavy atom. The van der Waals surface area contributed by atoms with Crippen molar-refractivity contribution in [1.29, 1.82) is 0 Å². The van der Waals surface area contributed by atoms with Gasteiger partial charge in [0.25, 0.3) is 0 Å². The first-order valence-corrected chi connectivity index (χ1v) is 9.93. The van der Waals surface area contributed by atoms with E-state index >= 15 is 0 Å². The van der Waals surface area contributed by atoms with Gasteiger partial charge in [0.1, 0.15) is 23.3 Å². The number of aromatic nitrogens is 5. The van der Waals surface area contributed by atoms with Gasteiger partial charge in [-0.25, -0.2) is 9.97 Å². The zero-order valence-electron chi connectivity index (χ0n) is 16.3. The second-order valence-corrected chi connectivity index (χ2v) is 7.79. The highest BCUT2D eigenvalue weighted by atomic mass is 16.3. The standard InChI is InChI=1S/C19H29N7O/c1-14-20-8-5-17(21-14)26-9-3-4-15(12-26)19-23-22-18(24(19)2)13-25-10-6-16(27)7-11-25/h5,8,15-16,27H,3-4,6-7,9-13H2,1-2H3/t15-/m0/s1. The summed E-state index contributed by atoms with van der Waals surface area (Å²) in [5, 5.41) is 18.7. The van der Waals surface area contributed by atoms with E-state index in [9.17, 15) is 5.11 Å². The van der Waals surface area contributed by atoms with Crippen LogP contribution in [0.1, 0.15) is 49.1 Å². The van der Waals surface area contributed by atoms with E-state index in [4.69, 9.17) is 0 Å². The number of anilines is 1. The predicted octanol–water partition coefficient (Wildman–Crippen LogP) is 1.25. The maximum atomic E-state index is 9.68. The van der Waals surface area contributed by atoms with Crippen LogP contribution in [0.15, 0.2) is 12.3 Å². The minimum Gasteiger partial charge on any atom is -0.393 e. The lowest BCUT2D eigenvalue weighted by molar-refractivity contribution is 0.0775. The number of aliphatic hydroxyl groups excluding tert-OH is 1. The molecule has 146 valence electrons. The van der Waals surface area contributed by atoms with Crippen LogP contribution in [0.5, 0.6) is 0 Å². The summed E-state index contributed by atoms with van der Waals surface area (Å²) in [5.41, 5.74) is 0. The molecule has 2 fully saturated rings. The van der Waals surface area contributed by atoms with Crippen molar-refractivity contribution in [1.82, 2.24) is 29.6 Å². The summed E-state index contributed by atoms with van der Waals surface area (Å²) in [5.74, 6) is 4.25. The predicted molar refractivity (Wildman–Crippen MR) is 102 cm³/mol. The molecule has 2 aliphatic rings. The molecule has 2 aromatic rings. The van der Waals surface area contributed by atoms with Gasteiger partial charge >= 0.3 is 0 Å². The first kappa shape index (κ1) is 18.3. The molecular formula is C19H29N7O. The lowest BCUT2D eigenvalue weighted by Gasteiger charge is -2.33. The first-order chi connectivity index (χ1) is 13.1. The highest BCUT2D eigenvalue weighted by Gasteiger charge is 2.27. The van der Waals surface area contributed by atoms with Gasteiger partial charge in [0.2, 0.25) is 0 Å². The Morgan fingerprint density at radius 1 is 1.15 bits per heavy atom. The van der Waals surface area contributed by atoms with Crippen molar-refractivity contribution >= 4 is 5.82 Å². The van der Waals surface area contributed by atoms with Gasteiger partial charge in [0.05, 0.1) is 12.6 Å². The Kier molecular flexibility index (Phi) is 5.36. The van der Waals surface area contributed by atoms with Crippen LogP contribution in [0.4, 0.5) is 5.82 Å². The Morgan fingerprint density at radius 2 is 1.96 bits per heavy atom. The average Bonchev–Trinajstić information content (AvgIpc) is 3.04. The number of likely N-dealkylation sites (tertiary alicyclic amines) is 1. The molecule has 0 amide bonds. The van der Waals surface area contributed by atoms with E-state index in [0.29, 0.717) is 5.92 Å². The van der Waals surface area contributed by atoms with Crippen LogP contribution in [0, 0.1) is 6.92 Å². The summed E-state index contributed by atoms with van der Waals surface area (Å²) in [6.45, 7) is 6.52. The fourth-order valence-corrected chi connectivity index (χ4v) is 4.16. The number of piperidine rings is 2. The van der Waals surface area contributed by atoms with E-state index in [-0.39, 0.29) is 6.10 Å². The van der Waals surface area contributed by atoms with Gasteiger partial charge in [-0.3, -0.25) is 4.90 Å². The van der Waals surface area contributed by atoms with E-state index in [2.05, 4.69) is 41.6 Å². The van der Waals surface area contributed by atoms with Crippen molar-refractivity contribution in [2.24, 2.45) is 7.05 Å². The SMILES string of the molecule is Cc1nccc(N2CCC[C@H](c3nnc(CN4CCC(O)CC4)n3C)C2)n1. The van der Waals surface area contributed by atoms with E-state index in [1.54, 1.807) is 0 Å². The summed E-state index contributed by atoms with van der Waals surface area (Å²) >= 11 is 0. The minimum absolute atomic E-state index is 0.144. The minimum atomic E-state index is -0.144. The molecule has 8 heteroatoms. The van der Waals surface area contributed by atoms with Crippen molar-refractivity contribution in [2.75, 3.05) is 31.1 Å². The molecular weight excluding hydrogens is 342 g/mol. The number of aliphatic hydroxyl groups is 1. The number of aryl methyl sites for hydroxylation is 1. The molecule has 2 saturated heterocycles. The third kappa shape index (κ3) is 4.11. The van der Waals surface area contributed by atoms with Gasteiger partial charge in [-0.15, -0.1) is 10.2 Å². The van der Waals surface area contributed by atoms with E-state index in [1.165, 1.54) is 0 Å². The van der Waals surface area contributed by atoms with Crippen molar-refractivity contribution < 1.29 is 5.11 Å². The van der Waals surface area contributed by atoms with Crippen molar-refractivity contribution in [3.63, 3.8) is 0 Å². The number of rotatable bonds is 4. The van der Waals surface area contributed by atoms with Crippen LogP contribution in [-0.2, 0) is 13.6 Å². The molecule has 0 radical (unpaired) electrons. The molecule has 1 atom stereocenters. The third-order valence-electron chi connectivity index (χ3n) is 5.79. The van der Waals surface area contributed by atoms with E-state index in [0.717, 1.165) is 81.7 Å². The lowest BCUT2D eigenvalue weighted by Crippen LogP contribution is -2.37. The fraction of sp³-hybridized carbons (Fsp3) is 0.684. The Hall–Kier alpha value is -2.06. The number of nitrogens with zero attached hydrogens (tertiary/aromatic N) is 7. The largest absolute Gasteiger partial charge is 0.393 e. The highest BCUT2D eigenvalue weighted by molar-refractivity contribution is 5.38. The molecule has 1 N–H and O–H groups in total. The summed E-state index contributed by atoms with van der Waals surface area (Å²) < 4.78 is 2.17. The molecule has 0 aliphatic carbocycles. The van der Waals surface area contributed by atoms with Gasteiger partial charge in [0, 0.05) is 45.3 Å². The fourth-order valence-electron chi connectivity index (χ4n) is 4.16. The first-order valence-electron chi connectivity index (χ1n) is 9.93. The second-order valence-electron chi connectivity index (χ2n) is 7.79.